The lowest BCUT2D eigenvalue weighted by Gasteiger charge is -2.19. The maximum absolute atomic E-state index is 12.1. The fourth-order valence-electron chi connectivity index (χ4n) is 2.94. The molecule has 0 saturated heterocycles. The average Bonchev–Trinajstić information content (AvgIpc) is 2.94. The summed E-state index contributed by atoms with van der Waals surface area (Å²) in [6.45, 7) is 5.51. The molecule has 5 nitrogen and oxygen atoms in total. The van der Waals surface area contributed by atoms with E-state index in [0.717, 1.165) is 30.8 Å². The number of furan rings is 1. The summed E-state index contributed by atoms with van der Waals surface area (Å²) in [7, 11) is 2.06. The second-order valence-corrected chi connectivity index (χ2v) is 7.11. The minimum absolute atomic E-state index is 0. The van der Waals surface area contributed by atoms with E-state index in [1.807, 2.05) is 19.9 Å². The second-order valence-electron chi connectivity index (χ2n) is 6.71. The number of amides is 1. The number of benzene rings is 1. The molecule has 2 heterocycles. The highest BCUT2D eigenvalue weighted by Crippen LogP contribution is 2.35. The van der Waals surface area contributed by atoms with Crippen LogP contribution in [0.1, 0.15) is 48.1 Å². The smallest absolute Gasteiger partial charge is 0.251 e. The number of rotatable bonds is 4. The molecule has 0 bridgehead atoms. The molecule has 1 unspecified atom stereocenters. The van der Waals surface area contributed by atoms with E-state index in [0.29, 0.717) is 16.3 Å². The fourth-order valence-corrected chi connectivity index (χ4v) is 3.17. The van der Waals surface area contributed by atoms with Crippen LogP contribution in [0.25, 0.3) is 0 Å². The fraction of sp³-hybridized carbons (Fsp3) is 0.421. The monoisotopic (exact) mass is 398 g/mol. The summed E-state index contributed by atoms with van der Waals surface area (Å²) in [5.74, 6) is 1.36. The largest absolute Gasteiger partial charge is 0.484 e. The van der Waals surface area contributed by atoms with E-state index < -0.39 is 0 Å². The van der Waals surface area contributed by atoms with E-state index >= 15 is 0 Å². The van der Waals surface area contributed by atoms with Gasteiger partial charge in [0.1, 0.15) is 17.6 Å². The van der Waals surface area contributed by atoms with Crippen molar-refractivity contribution in [1.82, 2.24) is 10.2 Å². The van der Waals surface area contributed by atoms with Crippen LogP contribution in [0.5, 0.6) is 5.75 Å². The van der Waals surface area contributed by atoms with Gasteiger partial charge in [0.2, 0.25) is 0 Å². The molecule has 0 radical (unpaired) electrons. The van der Waals surface area contributed by atoms with Gasteiger partial charge in [-0.2, -0.15) is 0 Å². The van der Waals surface area contributed by atoms with Crippen LogP contribution in [0.2, 0.25) is 5.02 Å². The Hall–Kier alpha value is -1.69. The standard InChI is InChI=1S/C19H23ClN2O3.ClH/c1-12(2)21-19(23)13-4-5-17(15(20)10-13)25-16-6-8-22(3)11-18-14(16)7-9-24-18;/h4-5,7,9-10,12,16H,6,8,11H2,1-3H3,(H,21,23);1H. The summed E-state index contributed by atoms with van der Waals surface area (Å²) in [5.41, 5.74) is 1.58. The molecule has 0 spiro atoms. The van der Waals surface area contributed by atoms with Crippen molar-refractivity contribution in [1.29, 1.82) is 0 Å². The highest BCUT2D eigenvalue weighted by atomic mass is 35.5. The first kappa shape index (κ1) is 20.6. The molecule has 3 rings (SSSR count). The lowest BCUT2D eigenvalue weighted by molar-refractivity contribution is 0.0943. The number of hydrogen-bond acceptors (Lipinski definition) is 4. The zero-order chi connectivity index (χ0) is 18.0. The van der Waals surface area contributed by atoms with E-state index in [4.69, 9.17) is 20.8 Å². The molecule has 0 aliphatic carbocycles. The molecule has 1 N–H and O–H groups in total. The number of ether oxygens (including phenoxy) is 1. The Morgan fingerprint density at radius 2 is 2.15 bits per heavy atom. The maximum Gasteiger partial charge on any atom is 0.251 e. The number of nitrogens with zero attached hydrogens (tertiary/aromatic N) is 1. The van der Waals surface area contributed by atoms with Crippen LogP contribution < -0.4 is 10.1 Å². The van der Waals surface area contributed by atoms with Crippen molar-refractivity contribution in [2.45, 2.75) is 39.0 Å². The molecule has 1 aliphatic heterocycles. The Kier molecular flexibility index (Phi) is 6.98. The van der Waals surface area contributed by atoms with Gasteiger partial charge in [0.15, 0.2) is 0 Å². The molecule has 1 atom stereocenters. The molecule has 0 fully saturated rings. The summed E-state index contributed by atoms with van der Waals surface area (Å²) in [5, 5.41) is 3.28. The highest BCUT2D eigenvalue weighted by Gasteiger charge is 2.25. The van der Waals surface area contributed by atoms with Crippen LogP contribution in [-0.4, -0.2) is 30.4 Å². The number of carbonyl (C=O) groups is 1. The van der Waals surface area contributed by atoms with Crippen LogP contribution in [0, 0.1) is 0 Å². The zero-order valence-electron chi connectivity index (χ0n) is 15.1. The molecule has 1 aromatic heterocycles. The number of nitrogens with one attached hydrogen (secondary N) is 1. The molecule has 1 aliphatic rings. The van der Waals surface area contributed by atoms with Crippen molar-refractivity contribution in [2.75, 3.05) is 13.6 Å². The van der Waals surface area contributed by atoms with Gasteiger partial charge in [-0.25, -0.2) is 0 Å². The summed E-state index contributed by atoms with van der Waals surface area (Å²) in [4.78, 5) is 14.3. The predicted molar refractivity (Wildman–Crippen MR) is 104 cm³/mol. The van der Waals surface area contributed by atoms with Crippen LogP contribution in [0.15, 0.2) is 34.9 Å². The lowest BCUT2D eigenvalue weighted by Crippen LogP contribution is -2.30. The zero-order valence-corrected chi connectivity index (χ0v) is 16.7. The second kappa shape index (κ2) is 8.80. The third kappa shape index (κ3) is 4.72. The first-order valence-corrected chi connectivity index (χ1v) is 8.83. The predicted octanol–water partition coefficient (Wildman–Crippen LogP) is 4.45. The first-order chi connectivity index (χ1) is 11.9. The van der Waals surface area contributed by atoms with E-state index in [1.165, 1.54) is 0 Å². The Morgan fingerprint density at radius 1 is 1.38 bits per heavy atom. The van der Waals surface area contributed by atoms with Gasteiger partial charge < -0.3 is 14.5 Å². The van der Waals surface area contributed by atoms with Crippen LogP contribution >= 0.6 is 24.0 Å². The van der Waals surface area contributed by atoms with E-state index in [2.05, 4.69) is 17.3 Å². The van der Waals surface area contributed by atoms with Gasteiger partial charge in [-0.05, 0) is 45.2 Å². The Bertz CT molecular complexity index is 761. The number of halogens is 2. The minimum Gasteiger partial charge on any atom is -0.484 e. The van der Waals surface area contributed by atoms with E-state index in [9.17, 15) is 4.79 Å². The molecule has 1 aromatic carbocycles. The quantitative estimate of drug-likeness (QED) is 0.826. The molecule has 0 saturated carbocycles. The lowest BCUT2D eigenvalue weighted by atomic mass is 10.1. The molecule has 26 heavy (non-hydrogen) atoms. The molecule has 7 heteroatoms. The molecular formula is C19H24Cl2N2O3. The van der Waals surface area contributed by atoms with Crippen molar-refractivity contribution in [2.24, 2.45) is 0 Å². The number of carbonyl (C=O) groups excluding carboxylic acids is 1. The molecular weight excluding hydrogens is 375 g/mol. The van der Waals surface area contributed by atoms with Gasteiger partial charge in [-0.15, -0.1) is 12.4 Å². The van der Waals surface area contributed by atoms with Crippen molar-refractivity contribution in [3.63, 3.8) is 0 Å². The Labute approximate surface area is 165 Å². The van der Waals surface area contributed by atoms with Gasteiger partial charge in [-0.3, -0.25) is 9.69 Å². The topological polar surface area (TPSA) is 54.7 Å². The van der Waals surface area contributed by atoms with Crippen molar-refractivity contribution in [3.8, 4) is 5.75 Å². The normalized spacial score (nSPS) is 17.2. The number of fused-ring (bicyclic) bond motifs is 1. The third-order valence-corrected chi connectivity index (χ3v) is 4.49. The summed E-state index contributed by atoms with van der Waals surface area (Å²) in [6.07, 6.45) is 2.42. The highest BCUT2D eigenvalue weighted by molar-refractivity contribution is 6.32. The van der Waals surface area contributed by atoms with Crippen molar-refractivity contribution < 1.29 is 13.9 Å². The summed E-state index contributed by atoms with van der Waals surface area (Å²) >= 11 is 6.36. The minimum atomic E-state index is -0.142. The average molecular weight is 399 g/mol. The van der Waals surface area contributed by atoms with Gasteiger partial charge in [0, 0.05) is 30.1 Å². The van der Waals surface area contributed by atoms with Crippen LogP contribution in [-0.2, 0) is 6.54 Å². The maximum atomic E-state index is 12.1. The van der Waals surface area contributed by atoms with E-state index in [1.54, 1.807) is 24.5 Å². The Balaban J connectivity index is 0.00000243. The Morgan fingerprint density at radius 3 is 2.85 bits per heavy atom. The molecule has 1 amide bonds. The van der Waals surface area contributed by atoms with Gasteiger partial charge in [-0.1, -0.05) is 11.6 Å². The summed E-state index contributed by atoms with van der Waals surface area (Å²) < 4.78 is 11.7. The number of hydrogen-bond donors (Lipinski definition) is 1. The van der Waals surface area contributed by atoms with Crippen molar-refractivity contribution in [3.05, 3.63) is 52.4 Å². The SMILES string of the molecule is CC(C)NC(=O)c1ccc(OC2CCN(C)Cc3occc32)c(Cl)c1.Cl. The van der Waals surface area contributed by atoms with Crippen molar-refractivity contribution >= 4 is 29.9 Å². The van der Waals surface area contributed by atoms with Gasteiger partial charge >= 0.3 is 0 Å². The van der Waals surface area contributed by atoms with E-state index in [-0.39, 0.29) is 30.5 Å². The third-order valence-electron chi connectivity index (χ3n) is 4.20. The van der Waals surface area contributed by atoms with Crippen LogP contribution in [0.3, 0.4) is 0 Å². The van der Waals surface area contributed by atoms with Gasteiger partial charge in [0.05, 0.1) is 17.8 Å². The molecule has 142 valence electrons. The molecule has 2 aromatic rings. The first-order valence-electron chi connectivity index (χ1n) is 8.46. The van der Waals surface area contributed by atoms with Crippen LogP contribution in [0.4, 0.5) is 0 Å². The van der Waals surface area contributed by atoms with Gasteiger partial charge in [0.25, 0.3) is 5.91 Å². The summed E-state index contributed by atoms with van der Waals surface area (Å²) in [6, 6.07) is 7.17.